The number of fused-ring (bicyclic) bond motifs is 1. The Balaban J connectivity index is 1.99. The van der Waals surface area contributed by atoms with Gasteiger partial charge in [-0.3, -0.25) is 4.79 Å². The molecule has 1 aliphatic rings. The van der Waals surface area contributed by atoms with Crippen molar-refractivity contribution < 1.29 is 14.3 Å². The number of hydrogen-bond donors (Lipinski definition) is 1. The first-order valence-corrected chi connectivity index (χ1v) is 7.98. The van der Waals surface area contributed by atoms with Gasteiger partial charge in [-0.2, -0.15) is 0 Å². The van der Waals surface area contributed by atoms with Crippen LogP contribution in [-0.4, -0.2) is 16.6 Å². The third-order valence-electron chi connectivity index (χ3n) is 3.17. The molecule has 0 saturated carbocycles. The van der Waals surface area contributed by atoms with Gasteiger partial charge >= 0.3 is 0 Å². The summed E-state index contributed by atoms with van der Waals surface area (Å²) in [6, 6.07) is 9.31. The molecule has 0 unspecified atom stereocenters. The summed E-state index contributed by atoms with van der Waals surface area (Å²) in [5.41, 5.74) is 1.84. The Hall–Kier alpha value is -1.59. The highest BCUT2D eigenvalue weighted by Crippen LogP contribution is 2.34. The smallest absolute Gasteiger partial charge is 0.191 e. The van der Waals surface area contributed by atoms with Crippen molar-refractivity contribution in [3.05, 3.63) is 63.4 Å². The average molecular weight is 365 g/mol. The van der Waals surface area contributed by atoms with Gasteiger partial charge in [-0.1, -0.05) is 6.07 Å². The molecule has 1 heterocycles. The first-order valence-electron chi connectivity index (χ1n) is 6.21. The number of carbonyl (C=O) groups is 1. The summed E-state index contributed by atoms with van der Waals surface area (Å²) < 4.78 is 13.9. The summed E-state index contributed by atoms with van der Waals surface area (Å²) >= 11 is 4.76. The zero-order valence-corrected chi connectivity index (χ0v) is 13.2. The van der Waals surface area contributed by atoms with Crippen LogP contribution in [0.3, 0.4) is 0 Å². The van der Waals surface area contributed by atoms with Crippen molar-refractivity contribution >= 4 is 39.6 Å². The van der Waals surface area contributed by atoms with E-state index in [1.54, 1.807) is 30.3 Å². The summed E-state index contributed by atoms with van der Waals surface area (Å²) in [6.45, 7) is 0. The van der Waals surface area contributed by atoms with Crippen molar-refractivity contribution in [3.63, 3.8) is 0 Å². The zero-order valence-electron chi connectivity index (χ0n) is 10.8. The van der Waals surface area contributed by atoms with Crippen LogP contribution in [0, 0.1) is 5.82 Å². The van der Waals surface area contributed by atoms with Crippen molar-refractivity contribution in [2.24, 2.45) is 0 Å². The number of hydrogen-bond acceptors (Lipinski definition) is 3. The van der Waals surface area contributed by atoms with E-state index >= 15 is 0 Å². The first-order chi connectivity index (χ1) is 10.0. The lowest BCUT2D eigenvalue weighted by Crippen LogP contribution is -2.12. The average Bonchev–Trinajstić information content (AvgIpc) is 2.46. The van der Waals surface area contributed by atoms with Crippen molar-refractivity contribution in [1.29, 1.82) is 0 Å². The van der Waals surface area contributed by atoms with Crippen LogP contribution in [-0.2, 0) is 0 Å². The lowest BCUT2D eigenvalue weighted by Gasteiger charge is -2.17. The summed E-state index contributed by atoms with van der Waals surface area (Å²) in [5, 5.41) is 9.48. The first kappa shape index (κ1) is 14.4. The van der Waals surface area contributed by atoms with Gasteiger partial charge in [0, 0.05) is 21.8 Å². The molecule has 0 aromatic heterocycles. The second kappa shape index (κ2) is 5.66. The molecule has 1 aliphatic heterocycles. The fraction of sp³-hybridized carbons (Fsp3) is 0.0625. The number of carbonyl (C=O) groups excluding carboxylic acids is 1. The van der Waals surface area contributed by atoms with Gasteiger partial charge in [-0.15, -0.1) is 11.8 Å². The Morgan fingerprint density at radius 2 is 2.05 bits per heavy atom. The van der Waals surface area contributed by atoms with Gasteiger partial charge in [0.05, 0.1) is 4.47 Å². The standard InChI is InChI=1S/C16H10BrFO2S/c17-13-6-9(1-3-14(13)19)5-10-8-21-15-4-2-11(18)7-12(15)16(10)20/h1-7,19H,8H2. The lowest BCUT2D eigenvalue weighted by atomic mass is 10.0. The largest absolute Gasteiger partial charge is 0.507 e. The fourth-order valence-electron chi connectivity index (χ4n) is 2.12. The normalized spacial score (nSPS) is 16.1. The van der Waals surface area contributed by atoms with Crippen LogP contribution in [0.5, 0.6) is 5.75 Å². The molecule has 106 valence electrons. The van der Waals surface area contributed by atoms with Crippen molar-refractivity contribution in [1.82, 2.24) is 0 Å². The minimum Gasteiger partial charge on any atom is -0.507 e. The van der Waals surface area contributed by atoms with Crippen LogP contribution in [0.2, 0.25) is 0 Å². The predicted octanol–water partition coefficient (Wildman–Crippen LogP) is 4.67. The minimum atomic E-state index is -0.406. The van der Waals surface area contributed by atoms with Gasteiger partial charge in [-0.05, 0) is 57.9 Å². The van der Waals surface area contributed by atoms with Crippen LogP contribution in [0.4, 0.5) is 4.39 Å². The lowest BCUT2D eigenvalue weighted by molar-refractivity contribution is 0.103. The van der Waals surface area contributed by atoms with E-state index in [1.165, 1.54) is 23.9 Å². The molecule has 0 saturated heterocycles. The molecule has 0 fully saturated rings. The van der Waals surface area contributed by atoms with Crippen LogP contribution in [0.25, 0.3) is 6.08 Å². The summed E-state index contributed by atoms with van der Waals surface area (Å²) in [6.07, 6.45) is 1.77. The van der Waals surface area contributed by atoms with Crippen molar-refractivity contribution in [2.45, 2.75) is 4.90 Å². The fourth-order valence-corrected chi connectivity index (χ4v) is 3.51. The van der Waals surface area contributed by atoms with Crippen LogP contribution < -0.4 is 0 Å². The van der Waals surface area contributed by atoms with E-state index in [4.69, 9.17) is 0 Å². The van der Waals surface area contributed by atoms with Crippen LogP contribution in [0.15, 0.2) is 51.3 Å². The number of benzene rings is 2. The maximum absolute atomic E-state index is 13.3. The number of halogens is 2. The minimum absolute atomic E-state index is 0.146. The molecule has 1 N–H and O–H groups in total. The monoisotopic (exact) mass is 364 g/mol. The summed E-state index contributed by atoms with van der Waals surface area (Å²) in [4.78, 5) is 13.2. The molecule has 0 radical (unpaired) electrons. The van der Waals surface area contributed by atoms with Gasteiger partial charge in [0.15, 0.2) is 5.78 Å². The Kier molecular flexibility index (Phi) is 3.87. The third kappa shape index (κ3) is 2.89. The molecule has 2 aromatic rings. The summed E-state index contributed by atoms with van der Waals surface area (Å²) in [7, 11) is 0. The van der Waals surface area contributed by atoms with Crippen LogP contribution in [0.1, 0.15) is 15.9 Å². The zero-order chi connectivity index (χ0) is 15.0. The molecule has 2 aromatic carbocycles. The highest BCUT2D eigenvalue weighted by Gasteiger charge is 2.22. The number of rotatable bonds is 1. The molecular formula is C16H10BrFO2S. The number of phenols is 1. The van der Waals surface area contributed by atoms with E-state index in [0.717, 1.165) is 10.5 Å². The van der Waals surface area contributed by atoms with E-state index in [0.29, 0.717) is 21.4 Å². The molecule has 5 heteroatoms. The second-order valence-electron chi connectivity index (χ2n) is 4.64. The van der Waals surface area contributed by atoms with E-state index in [-0.39, 0.29) is 11.5 Å². The highest BCUT2D eigenvalue weighted by atomic mass is 79.9. The van der Waals surface area contributed by atoms with E-state index in [2.05, 4.69) is 15.9 Å². The summed E-state index contributed by atoms with van der Waals surface area (Å²) in [5.74, 6) is 0.147. The van der Waals surface area contributed by atoms with Gasteiger partial charge < -0.3 is 5.11 Å². The molecule has 0 bridgehead atoms. The van der Waals surface area contributed by atoms with Crippen LogP contribution >= 0.6 is 27.7 Å². The predicted molar refractivity (Wildman–Crippen MR) is 85.2 cm³/mol. The SMILES string of the molecule is O=C1C(=Cc2ccc(O)c(Br)c2)CSc2ccc(F)cc21. The highest BCUT2D eigenvalue weighted by molar-refractivity contribution is 9.10. The molecule has 0 atom stereocenters. The topological polar surface area (TPSA) is 37.3 Å². The Bertz CT molecular complexity index is 771. The molecular weight excluding hydrogens is 355 g/mol. The molecule has 0 spiro atoms. The molecule has 0 aliphatic carbocycles. The maximum Gasteiger partial charge on any atom is 0.191 e. The number of ketones is 1. The van der Waals surface area contributed by atoms with Gasteiger partial charge in [0.2, 0.25) is 0 Å². The van der Waals surface area contributed by atoms with Gasteiger partial charge in [-0.25, -0.2) is 4.39 Å². The number of thioether (sulfide) groups is 1. The number of phenolic OH excluding ortho intramolecular Hbond substituents is 1. The quantitative estimate of drug-likeness (QED) is 0.747. The van der Waals surface area contributed by atoms with E-state index in [9.17, 15) is 14.3 Å². The Morgan fingerprint density at radius 3 is 2.81 bits per heavy atom. The van der Waals surface area contributed by atoms with Crippen molar-refractivity contribution in [2.75, 3.05) is 5.75 Å². The Morgan fingerprint density at radius 1 is 1.24 bits per heavy atom. The molecule has 3 rings (SSSR count). The third-order valence-corrected chi connectivity index (χ3v) is 4.93. The molecule has 2 nitrogen and oxygen atoms in total. The Labute approximate surface area is 133 Å². The number of aromatic hydroxyl groups is 1. The van der Waals surface area contributed by atoms with Gasteiger partial charge in [0.1, 0.15) is 11.6 Å². The maximum atomic E-state index is 13.3. The van der Waals surface area contributed by atoms with Crippen molar-refractivity contribution in [3.8, 4) is 5.75 Å². The van der Waals surface area contributed by atoms with E-state index < -0.39 is 5.82 Å². The molecule has 21 heavy (non-hydrogen) atoms. The molecule has 0 amide bonds. The van der Waals surface area contributed by atoms with Gasteiger partial charge in [0.25, 0.3) is 0 Å². The second-order valence-corrected chi connectivity index (χ2v) is 6.51. The number of Topliss-reactive ketones (excluding diaryl/α,β-unsaturated/α-hetero) is 1. The van der Waals surface area contributed by atoms with E-state index in [1.807, 2.05) is 0 Å².